The summed E-state index contributed by atoms with van der Waals surface area (Å²) in [6.07, 6.45) is 3.49. The molecule has 1 aromatic carbocycles. The van der Waals surface area contributed by atoms with Crippen molar-refractivity contribution in [3.8, 4) is 5.75 Å². The average molecular weight is 554 g/mol. The predicted molar refractivity (Wildman–Crippen MR) is 148 cm³/mol. The van der Waals surface area contributed by atoms with E-state index < -0.39 is 57.4 Å². The molecule has 3 aliphatic carbocycles. The number of benzene rings is 1. The minimum absolute atomic E-state index is 0.0671. The van der Waals surface area contributed by atoms with Crippen molar-refractivity contribution in [1.82, 2.24) is 15.1 Å². The van der Waals surface area contributed by atoms with Crippen LogP contribution in [-0.2, 0) is 27.3 Å². The zero-order valence-corrected chi connectivity index (χ0v) is 23.6. The van der Waals surface area contributed by atoms with Gasteiger partial charge in [-0.15, -0.1) is 0 Å². The van der Waals surface area contributed by atoms with Crippen molar-refractivity contribution in [2.45, 2.75) is 57.2 Å². The SMILES string of the molecule is CNCc1ccc(O)c2c1C[C@@]1(CN3CCCCC3)C[C@H]3[C@H](N(C)C)C(=O)C(C(C)=O)=C(O)[C@@]3(O)C(=O)C1=C2O. The lowest BCUT2D eigenvalue weighted by Crippen LogP contribution is -2.68. The molecule has 2 fully saturated rings. The minimum atomic E-state index is -2.59. The number of Topliss-reactive ketones (excluding diaryl/α,β-unsaturated/α-hetero) is 3. The molecule has 10 heteroatoms. The van der Waals surface area contributed by atoms with Crippen LogP contribution < -0.4 is 5.32 Å². The molecule has 1 heterocycles. The Morgan fingerprint density at radius 3 is 2.40 bits per heavy atom. The Hall–Kier alpha value is -3.05. The van der Waals surface area contributed by atoms with Gasteiger partial charge >= 0.3 is 0 Å². The molecule has 0 radical (unpaired) electrons. The van der Waals surface area contributed by atoms with Gasteiger partial charge in [-0.05, 0) is 84.0 Å². The molecule has 5 N–H and O–H groups in total. The normalized spacial score (nSPS) is 30.9. The molecular formula is C30H39N3O7. The van der Waals surface area contributed by atoms with Crippen molar-refractivity contribution >= 4 is 23.1 Å². The lowest BCUT2D eigenvalue weighted by molar-refractivity contribution is -0.157. The van der Waals surface area contributed by atoms with E-state index in [1.165, 1.54) is 6.07 Å². The summed E-state index contributed by atoms with van der Waals surface area (Å²) in [4.78, 5) is 44.5. The Labute approximate surface area is 234 Å². The molecule has 1 aromatic rings. The molecule has 4 atom stereocenters. The fourth-order valence-electron chi connectivity index (χ4n) is 7.69. The third-order valence-corrected chi connectivity index (χ3v) is 9.37. The number of hydrogen-bond acceptors (Lipinski definition) is 10. The van der Waals surface area contributed by atoms with Crippen molar-refractivity contribution < 1.29 is 34.8 Å². The molecule has 1 saturated heterocycles. The highest BCUT2D eigenvalue weighted by Crippen LogP contribution is 2.58. The lowest BCUT2D eigenvalue weighted by Gasteiger charge is -2.56. The summed E-state index contributed by atoms with van der Waals surface area (Å²) in [5, 5.41) is 49.1. The van der Waals surface area contributed by atoms with Crippen LogP contribution in [-0.4, -0.2) is 100.0 Å². The number of likely N-dealkylation sites (N-methyl/N-ethyl adjacent to an activating group) is 1. The van der Waals surface area contributed by atoms with Crippen LogP contribution in [0.1, 0.15) is 49.3 Å². The molecule has 0 amide bonds. The van der Waals surface area contributed by atoms with E-state index >= 15 is 0 Å². The fourth-order valence-corrected chi connectivity index (χ4v) is 7.69. The predicted octanol–water partition coefficient (Wildman–Crippen LogP) is 1.64. The zero-order chi connectivity index (χ0) is 29.1. The molecule has 4 aliphatic rings. The Bertz CT molecular complexity index is 1340. The van der Waals surface area contributed by atoms with Gasteiger partial charge in [0.2, 0.25) is 5.78 Å². The third-order valence-electron chi connectivity index (χ3n) is 9.37. The molecule has 216 valence electrons. The van der Waals surface area contributed by atoms with Crippen molar-refractivity contribution in [3.63, 3.8) is 0 Å². The molecule has 0 aromatic heterocycles. The lowest BCUT2D eigenvalue weighted by atomic mass is 9.51. The number of ketones is 3. The first kappa shape index (κ1) is 28.5. The van der Waals surface area contributed by atoms with Crippen molar-refractivity contribution in [3.05, 3.63) is 45.7 Å². The van der Waals surface area contributed by atoms with Crippen LogP contribution in [0, 0.1) is 11.3 Å². The maximum Gasteiger partial charge on any atom is 0.202 e. The first-order valence-electron chi connectivity index (χ1n) is 14.0. The number of hydrogen-bond donors (Lipinski definition) is 5. The highest BCUT2D eigenvalue weighted by atomic mass is 16.3. The summed E-state index contributed by atoms with van der Waals surface area (Å²) in [5.74, 6) is -4.96. The number of fused-ring (bicyclic) bond motifs is 3. The van der Waals surface area contributed by atoms with Gasteiger partial charge in [0.25, 0.3) is 0 Å². The number of aromatic hydroxyl groups is 1. The second-order valence-electron chi connectivity index (χ2n) is 12.1. The number of carbonyl (C=O) groups excluding carboxylic acids is 3. The zero-order valence-electron chi connectivity index (χ0n) is 23.6. The summed E-state index contributed by atoms with van der Waals surface area (Å²) >= 11 is 0. The van der Waals surface area contributed by atoms with Crippen LogP contribution in [0.3, 0.4) is 0 Å². The van der Waals surface area contributed by atoms with E-state index in [0.29, 0.717) is 25.1 Å². The Kier molecular flexibility index (Phi) is 7.19. The monoisotopic (exact) mass is 553 g/mol. The van der Waals surface area contributed by atoms with Crippen LogP contribution >= 0.6 is 0 Å². The van der Waals surface area contributed by atoms with Gasteiger partial charge in [-0.25, -0.2) is 0 Å². The molecular weight excluding hydrogens is 514 g/mol. The molecule has 0 unspecified atom stereocenters. The van der Waals surface area contributed by atoms with E-state index in [-0.39, 0.29) is 23.3 Å². The third kappa shape index (κ3) is 4.03. The first-order chi connectivity index (χ1) is 18.9. The summed E-state index contributed by atoms with van der Waals surface area (Å²) in [7, 11) is 5.09. The first-order valence-corrected chi connectivity index (χ1v) is 14.0. The van der Waals surface area contributed by atoms with Crippen LogP contribution in [0.2, 0.25) is 0 Å². The molecule has 0 bridgehead atoms. The highest BCUT2D eigenvalue weighted by Gasteiger charge is 2.67. The van der Waals surface area contributed by atoms with Gasteiger partial charge in [0.1, 0.15) is 22.8 Å². The molecule has 10 nitrogen and oxygen atoms in total. The van der Waals surface area contributed by atoms with E-state index in [9.17, 15) is 34.8 Å². The number of nitrogens with zero attached hydrogens (tertiary/aromatic N) is 2. The molecule has 1 aliphatic heterocycles. The smallest absolute Gasteiger partial charge is 0.202 e. The van der Waals surface area contributed by atoms with Crippen molar-refractivity contribution in [2.75, 3.05) is 40.8 Å². The van der Waals surface area contributed by atoms with E-state index in [1.807, 2.05) is 0 Å². The van der Waals surface area contributed by atoms with Crippen LogP contribution in [0.25, 0.3) is 5.76 Å². The fraction of sp³-hybridized carbons (Fsp3) is 0.567. The van der Waals surface area contributed by atoms with Gasteiger partial charge in [0, 0.05) is 30.0 Å². The van der Waals surface area contributed by atoms with Gasteiger partial charge in [-0.2, -0.15) is 0 Å². The Morgan fingerprint density at radius 2 is 1.80 bits per heavy atom. The number of phenols is 1. The van der Waals surface area contributed by atoms with E-state index in [2.05, 4.69) is 10.2 Å². The second kappa shape index (κ2) is 10.1. The van der Waals surface area contributed by atoms with E-state index in [4.69, 9.17) is 0 Å². The molecule has 40 heavy (non-hydrogen) atoms. The second-order valence-corrected chi connectivity index (χ2v) is 12.1. The number of aliphatic hydroxyl groups excluding tert-OH is 2. The number of likely N-dealkylation sites (tertiary alicyclic amines) is 1. The van der Waals surface area contributed by atoms with Crippen LogP contribution in [0.15, 0.2) is 29.0 Å². The number of rotatable bonds is 6. The van der Waals surface area contributed by atoms with Gasteiger partial charge in [0.15, 0.2) is 17.2 Å². The summed E-state index contributed by atoms with van der Waals surface area (Å²) in [5.41, 5.74) is -2.56. The maximum absolute atomic E-state index is 14.5. The molecule has 1 saturated carbocycles. The van der Waals surface area contributed by atoms with Gasteiger partial charge in [-0.3, -0.25) is 19.3 Å². The maximum atomic E-state index is 14.5. The quantitative estimate of drug-likeness (QED) is 0.329. The number of carbonyl (C=O) groups is 3. The van der Waals surface area contributed by atoms with E-state index in [1.54, 1.807) is 32.1 Å². The largest absolute Gasteiger partial charge is 0.508 e. The number of nitrogens with one attached hydrogen (secondary N) is 1. The topological polar surface area (TPSA) is 151 Å². The molecule has 5 rings (SSSR count). The van der Waals surface area contributed by atoms with Gasteiger partial charge in [0.05, 0.1) is 11.6 Å². The van der Waals surface area contributed by atoms with Crippen molar-refractivity contribution in [2.24, 2.45) is 11.3 Å². The summed E-state index contributed by atoms with van der Waals surface area (Å²) in [6, 6.07) is 2.21. The Morgan fingerprint density at radius 1 is 1.12 bits per heavy atom. The van der Waals surface area contributed by atoms with Crippen molar-refractivity contribution in [1.29, 1.82) is 0 Å². The van der Waals surface area contributed by atoms with E-state index in [0.717, 1.165) is 44.8 Å². The highest BCUT2D eigenvalue weighted by molar-refractivity contribution is 6.25. The van der Waals surface area contributed by atoms with Crippen LogP contribution in [0.5, 0.6) is 5.75 Å². The average Bonchev–Trinajstić information content (AvgIpc) is 2.88. The summed E-state index contributed by atoms with van der Waals surface area (Å²) < 4.78 is 0. The number of phenolic OH excluding ortho intramolecular Hbond substituents is 1. The number of piperidine rings is 1. The van der Waals surface area contributed by atoms with Gasteiger partial charge in [-0.1, -0.05) is 12.5 Å². The minimum Gasteiger partial charge on any atom is -0.508 e. The van der Waals surface area contributed by atoms with Gasteiger partial charge < -0.3 is 30.6 Å². The van der Waals surface area contributed by atoms with Crippen LogP contribution in [0.4, 0.5) is 0 Å². The Balaban J connectivity index is 1.80. The molecule has 0 spiro atoms. The summed E-state index contributed by atoms with van der Waals surface area (Å²) in [6.45, 7) is 3.60. The number of aliphatic hydroxyl groups is 3. The standard InChI is InChI=1S/C30H39N3O7/c1-16(34)21-26(37)24(32(3)4)19-13-29(15-33-10-6-5-7-11-33)12-18-17(14-31-2)8-9-20(35)22(18)25(36)23(29)28(39)30(19,40)27(21)38/h8-9,19,24,31,35-36,38,40H,5-7,10-15H2,1-4H3/t19-,24-,29-,30+/m0/s1.